The number of anilines is 2. The number of methoxy groups -OCH3 is 2. The van der Waals surface area contributed by atoms with Gasteiger partial charge in [-0.2, -0.15) is 0 Å². The van der Waals surface area contributed by atoms with Crippen LogP contribution in [0.4, 0.5) is 11.4 Å². The molecule has 2 heterocycles. The van der Waals surface area contributed by atoms with E-state index in [1.165, 1.54) is 14.2 Å². The highest BCUT2D eigenvalue weighted by atomic mass is 16.5. The second kappa shape index (κ2) is 10.1. The summed E-state index contributed by atoms with van der Waals surface area (Å²) < 4.78 is 21.9. The van der Waals surface area contributed by atoms with Gasteiger partial charge in [-0.3, -0.25) is 14.5 Å². The maximum atomic E-state index is 13.0. The van der Waals surface area contributed by atoms with Crippen molar-refractivity contribution in [1.82, 2.24) is 4.90 Å². The average Bonchev–Trinajstić information content (AvgIpc) is 2.84. The summed E-state index contributed by atoms with van der Waals surface area (Å²) in [4.78, 5) is 29.9. The number of nitrogens with zero attached hydrogens (tertiary/aromatic N) is 2. The Morgan fingerprint density at radius 2 is 1.79 bits per heavy atom. The predicted molar refractivity (Wildman–Crippen MR) is 124 cm³/mol. The molecule has 0 radical (unpaired) electrons. The Balaban J connectivity index is 1.53. The molecule has 2 aliphatic heterocycles. The molecule has 2 aromatic rings. The first-order valence-electron chi connectivity index (χ1n) is 11.0. The van der Waals surface area contributed by atoms with E-state index >= 15 is 0 Å². The molecule has 4 rings (SSSR count). The van der Waals surface area contributed by atoms with Gasteiger partial charge >= 0.3 is 0 Å². The lowest BCUT2D eigenvalue weighted by Crippen LogP contribution is -2.48. The SMILES string of the molecule is COc1cccc(OC)c1C(=O)Nc1ccc2c(c1)OC(C)C(=O)N2CCN1CCOCC1. The smallest absolute Gasteiger partial charge is 0.267 e. The fourth-order valence-corrected chi connectivity index (χ4v) is 4.05. The van der Waals surface area contributed by atoms with E-state index in [2.05, 4.69) is 10.2 Å². The van der Waals surface area contributed by atoms with E-state index in [-0.39, 0.29) is 11.8 Å². The molecule has 1 atom stereocenters. The Labute approximate surface area is 193 Å². The van der Waals surface area contributed by atoms with Crippen LogP contribution < -0.4 is 24.4 Å². The second-order valence-electron chi connectivity index (χ2n) is 7.88. The van der Waals surface area contributed by atoms with Gasteiger partial charge in [0.25, 0.3) is 11.8 Å². The van der Waals surface area contributed by atoms with Gasteiger partial charge in [0, 0.05) is 37.9 Å². The van der Waals surface area contributed by atoms with E-state index in [4.69, 9.17) is 18.9 Å². The first-order chi connectivity index (χ1) is 16.0. The summed E-state index contributed by atoms with van der Waals surface area (Å²) in [5, 5.41) is 2.88. The van der Waals surface area contributed by atoms with Gasteiger partial charge < -0.3 is 29.2 Å². The first-order valence-corrected chi connectivity index (χ1v) is 11.0. The Morgan fingerprint density at radius 3 is 2.45 bits per heavy atom. The van der Waals surface area contributed by atoms with Crippen LogP contribution >= 0.6 is 0 Å². The van der Waals surface area contributed by atoms with Gasteiger partial charge in [0.1, 0.15) is 22.8 Å². The summed E-state index contributed by atoms with van der Waals surface area (Å²) >= 11 is 0. The molecule has 2 aromatic carbocycles. The van der Waals surface area contributed by atoms with Crippen LogP contribution in [-0.4, -0.2) is 76.4 Å². The van der Waals surface area contributed by atoms with Gasteiger partial charge in [0.05, 0.1) is 33.1 Å². The highest BCUT2D eigenvalue weighted by molar-refractivity contribution is 6.08. The number of rotatable bonds is 7. The molecule has 9 heteroatoms. The van der Waals surface area contributed by atoms with Crippen molar-refractivity contribution >= 4 is 23.2 Å². The van der Waals surface area contributed by atoms with E-state index in [1.807, 2.05) is 0 Å². The maximum absolute atomic E-state index is 13.0. The number of carbonyl (C=O) groups excluding carboxylic acids is 2. The fourth-order valence-electron chi connectivity index (χ4n) is 4.05. The molecular formula is C24H29N3O6. The number of morpholine rings is 1. The van der Waals surface area contributed by atoms with Gasteiger partial charge in [-0.05, 0) is 31.2 Å². The van der Waals surface area contributed by atoms with E-state index in [1.54, 1.807) is 48.2 Å². The highest BCUT2D eigenvalue weighted by Gasteiger charge is 2.32. The number of fused-ring (bicyclic) bond motifs is 1. The lowest BCUT2D eigenvalue weighted by Gasteiger charge is -2.35. The van der Waals surface area contributed by atoms with Crippen LogP contribution in [0.15, 0.2) is 36.4 Å². The third kappa shape index (κ3) is 4.89. The van der Waals surface area contributed by atoms with Gasteiger partial charge in [-0.25, -0.2) is 0 Å². The Kier molecular flexibility index (Phi) is 7.00. The number of nitrogens with one attached hydrogen (secondary N) is 1. The standard InChI is InChI=1S/C24H29N3O6/c1-16-24(29)27(10-9-26-11-13-32-14-12-26)18-8-7-17(15-21(18)33-16)25-23(28)22-19(30-2)5-4-6-20(22)31-3/h4-8,15-16H,9-14H2,1-3H3,(H,25,28). The van der Waals surface area contributed by atoms with Crippen LogP contribution in [0.3, 0.4) is 0 Å². The number of carbonyl (C=O) groups is 2. The number of benzene rings is 2. The van der Waals surface area contributed by atoms with Crippen molar-refractivity contribution in [3.63, 3.8) is 0 Å². The summed E-state index contributed by atoms with van der Waals surface area (Å²) in [6, 6.07) is 10.4. The van der Waals surface area contributed by atoms with Crippen LogP contribution in [0.2, 0.25) is 0 Å². The summed E-state index contributed by atoms with van der Waals surface area (Å²) in [7, 11) is 3.00. The Morgan fingerprint density at radius 1 is 1.09 bits per heavy atom. The molecule has 1 N–H and O–H groups in total. The number of amides is 2. The molecule has 9 nitrogen and oxygen atoms in total. The zero-order valence-corrected chi connectivity index (χ0v) is 19.1. The molecule has 2 aliphatic rings. The minimum absolute atomic E-state index is 0.0775. The Hall–Kier alpha value is -3.30. The molecule has 0 saturated carbocycles. The normalized spacial score (nSPS) is 18.3. The minimum Gasteiger partial charge on any atom is -0.496 e. The van der Waals surface area contributed by atoms with E-state index in [0.717, 1.165) is 19.6 Å². The van der Waals surface area contributed by atoms with Gasteiger partial charge in [0.2, 0.25) is 0 Å². The van der Waals surface area contributed by atoms with Crippen molar-refractivity contribution in [2.75, 3.05) is 63.8 Å². The second-order valence-corrected chi connectivity index (χ2v) is 7.88. The summed E-state index contributed by atoms with van der Waals surface area (Å²) in [5.41, 5.74) is 1.54. The lowest BCUT2D eigenvalue weighted by molar-refractivity contribution is -0.125. The Bertz CT molecular complexity index is 999. The molecule has 2 amide bonds. The van der Waals surface area contributed by atoms with Crippen molar-refractivity contribution < 1.29 is 28.5 Å². The largest absolute Gasteiger partial charge is 0.496 e. The molecule has 1 unspecified atom stereocenters. The van der Waals surface area contributed by atoms with Gasteiger partial charge in [-0.15, -0.1) is 0 Å². The number of hydrogen-bond donors (Lipinski definition) is 1. The van der Waals surface area contributed by atoms with E-state index in [9.17, 15) is 9.59 Å². The molecule has 176 valence electrons. The minimum atomic E-state index is -0.609. The van der Waals surface area contributed by atoms with Crippen molar-refractivity contribution in [3.05, 3.63) is 42.0 Å². The van der Waals surface area contributed by atoms with Gasteiger partial charge in [0.15, 0.2) is 6.10 Å². The zero-order chi connectivity index (χ0) is 23.4. The molecule has 1 saturated heterocycles. The number of hydrogen-bond acceptors (Lipinski definition) is 7. The first kappa shape index (κ1) is 22.9. The lowest BCUT2D eigenvalue weighted by atomic mass is 10.1. The van der Waals surface area contributed by atoms with Crippen LogP contribution in [0.25, 0.3) is 0 Å². The molecule has 0 aromatic heterocycles. The van der Waals surface area contributed by atoms with Crippen molar-refractivity contribution in [2.24, 2.45) is 0 Å². The fraction of sp³-hybridized carbons (Fsp3) is 0.417. The van der Waals surface area contributed by atoms with Crippen LogP contribution in [0, 0.1) is 0 Å². The van der Waals surface area contributed by atoms with E-state index in [0.29, 0.717) is 53.9 Å². The van der Waals surface area contributed by atoms with Crippen LogP contribution in [-0.2, 0) is 9.53 Å². The third-order valence-electron chi connectivity index (χ3n) is 5.82. The molecular weight excluding hydrogens is 426 g/mol. The summed E-state index contributed by atoms with van der Waals surface area (Å²) in [6.07, 6.45) is -0.609. The molecule has 33 heavy (non-hydrogen) atoms. The average molecular weight is 456 g/mol. The zero-order valence-electron chi connectivity index (χ0n) is 19.1. The summed E-state index contributed by atoms with van der Waals surface area (Å²) in [5.74, 6) is 0.928. The van der Waals surface area contributed by atoms with Gasteiger partial charge in [-0.1, -0.05) is 6.07 Å². The topological polar surface area (TPSA) is 89.6 Å². The molecule has 0 spiro atoms. The maximum Gasteiger partial charge on any atom is 0.267 e. The third-order valence-corrected chi connectivity index (χ3v) is 5.82. The van der Waals surface area contributed by atoms with E-state index < -0.39 is 6.10 Å². The molecule has 1 fully saturated rings. The number of ether oxygens (including phenoxy) is 4. The van der Waals surface area contributed by atoms with Crippen molar-refractivity contribution in [3.8, 4) is 17.2 Å². The quantitative estimate of drug-likeness (QED) is 0.686. The molecule has 0 aliphatic carbocycles. The van der Waals surface area contributed by atoms with Crippen LogP contribution in [0.1, 0.15) is 17.3 Å². The molecule has 0 bridgehead atoms. The summed E-state index contributed by atoms with van der Waals surface area (Å²) in [6.45, 7) is 6.19. The van der Waals surface area contributed by atoms with Crippen molar-refractivity contribution in [2.45, 2.75) is 13.0 Å². The highest BCUT2D eigenvalue weighted by Crippen LogP contribution is 2.37. The monoisotopic (exact) mass is 455 g/mol. The van der Waals surface area contributed by atoms with Crippen LogP contribution in [0.5, 0.6) is 17.2 Å². The van der Waals surface area contributed by atoms with Crippen molar-refractivity contribution in [1.29, 1.82) is 0 Å². The predicted octanol–water partition coefficient (Wildman–Crippen LogP) is 2.40.